The average molecular weight is 250 g/mol. The topological polar surface area (TPSA) is 102 Å². The minimum Gasteiger partial charge on any atom is -0.483 e. The normalized spacial score (nSPS) is 10.3. The predicted molar refractivity (Wildman–Crippen MR) is 65.6 cm³/mol. The number of nitrogens with two attached hydrogens (primary N) is 1. The number of rotatable bonds is 6. The van der Waals surface area contributed by atoms with Gasteiger partial charge in [0.2, 0.25) is 0 Å². The largest absolute Gasteiger partial charge is 0.483 e. The van der Waals surface area contributed by atoms with E-state index in [1.54, 1.807) is 30.3 Å². The van der Waals surface area contributed by atoms with Gasteiger partial charge >= 0.3 is 5.97 Å². The first-order valence-electron chi connectivity index (χ1n) is 5.23. The zero-order valence-corrected chi connectivity index (χ0v) is 9.63. The molecule has 6 nitrogen and oxygen atoms in total. The SMILES string of the molecule is NNC(=O)COc1ccccc1C=CCC(=O)O. The second-order valence-electron chi connectivity index (χ2n) is 3.39. The van der Waals surface area contributed by atoms with Gasteiger partial charge in [-0.3, -0.25) is 15.0 Å². The van der Waals surface area contributed by atoms with Crippen LogP contribution in [0.2, 0.25) is 0 Å². The van der Waals surface area contributed by atoms with Crippen molar-refractivity contribution < 1.29 is 19.4 Å². The van der Waals surface area contributed by atoms with E-state index in [1.165, 1.54) is 6.08 Å². The number of carboxylic acid groups (broad SMARTS) is 1. The lowest BCUT2D eigenvalue weighted by atomic mass is 10.2. The van der Waals surface area contributed by atoms with Crippen LogP contribution < -0.4 is 16.0 Å². The summed E-state index contributed by atoms with van der Waals surface area (Å²) in [6, 6.07) is 6.98. The van der Waals surface area contributed by atoms with Gasteiger partial charge in [0.15, 0.2) is 6.61 Å². The Morgan fingerprint density at radius 3 is 2.78 bits per heavy atom. The molecule has 0 aromatic heterocycles. The molecule has 0 saturated carbocycles. The van der Waals surface area contributed by atoms with Gasteiger partial charge in [-0.05, 0) is 6.07 Å². The van der Waals surface area contributed by atoms with Crippen molar-refractivity contribution in [2.75, 3.05) is 6.61 Å². The summed E-state index contributed by atoms with van der Waals surface area (Å²) in [5.74, 6) is 4.06. The first-order chi connectivity index (χ1) is 8.63. The number of carboxylic acids is 1. The average Bonchev–Trinajstić information content (AvgIpc) is 2.36. The number of aliphatic carboxylic acids is 1. The zero-order valence-electron chi connectivity index (χ0n) is 9.63. The summed E-state index contributed by atoms with van der Waals surface area (Å²) in [5.41, 5.74) is 2.65. The maximum absolute atomic E-state index is 10.9. The number of hydrogen-bond donors (Lipinski definition) is 3. The van der Waals surface area contributed by atoms with Crippen LogP contribution >= 0.6 is 0 Å². The molecule has 0 unspecified atom stereocenters. The molecule has 0 spiro atoms. The van der Waals surface area contributed by atoms with Gasteiger partial charge in [-0.15, -0.1) is 0 Å². The van der Waals surface area contributed by atoms with Crippen molar-refractivity contribution in [1.82, 2.24) is 5.43 Å². The third-order valence-electron chi connectivity index (χ3n) is 2.03. The Kier molecular flexibility index (Phi) is 5.40. The van der Waals surface area contributed by atoms with E-state index in [1.807, 2.05) is 5.43 Å². The molecule has 0 radical (unpaired) electrons. The summed E-state index contributed by atoms with van der Waals surface area (Å²) in [7, 11) is 0. The van der Waals surface area contributed by atoms with Crippen LogP contribution in [0, 0.1) is 0 Å². The van der Waals surface area contributed by atoms with Crippen LogP contribution in [0.3, 0.4) is 0 Å². The molecule has 4 N–H and O–H groups in total. The molecular weight excluding hydrogens is 236 g/mol. The van der Waals surface area contributed by atoms with Crippen molar-refractivity contribution >= 4 is 18.0 Å². The quantitative estimate of drug-likeness (QED) is 0.388. The van der Waals surface area contributed by atoms with Crippen molar-refractivity contribution in [3.63, 3.8) is 0 Å². The number of nitrogens with one attached hydrogen (secondary N) is 1. The Balaban J connectivity index is 2.70. The number of hydrogen-bond acceptors (Lipinski definition) is 4. The van der Waals surface area contributed by atoms with E-state index in [2.05, 4.69) is 0 Å². The number of ether oxygens (including phenoxy) is 1. The molecule has 96 valence electrons. The summed E-state index contributed by atoms with van der Waals surface area (Å²) in [4.78, 5) is 21.3. The Labute approximate surface area is 104 Å². The molecule has 1 amide bonds. The molecule has 0 aliphatic heterocycles. The summed E-state index contributed by atoms with van der Waals surface area (Å²) in [6.45, 7) is -0.194. The van der Waals surface area contributed by atoms with E-state index in [4.69, 9.17) is 15.7 Å². The molecule has 0 aliphatic carbocycles. The molecule has 0 heterocycles. The fourth-order valence-corrected chi connectivity index (χ4v) is 1.22. The Morgan fingerprint density at radius 2 is 2.11 bits per heavy atom. The standard InChI is InChI=1S/C12H14N2O4/c13-14-11(15)8-18-10-6-2-1-4-9(10)5-3-7-12(16)17/h1-6H,7-8,13H2,(H,14,15)(H,16,17). The molecule has 6 heteroatoms. The fraction of sp³-hybridized carbons (Fsp3) is 0.167. The molecule has 0 bridgehead atoms. The van der Waals surface area contributed by atoms with Gasteiger partial charge in [0.1, 0.15) is 5.75 Å². The van der Waals surface area contributed by atoms with Gasteiger partial charge in [0.25, 0.3) is 5.91 Å². The third-order valence-corrected chi connectivity index (χ3v) is 2.03. The van der Waals surface area contributed by atoms with Crippen molar-refractivity contribution in [3.05, 3.63) is 35.9 Å². The van der Waals surface area contributed by atoms with Crippen LogP contribution in [0.1, 0.15) is 12.0 Å². The Morgan fingerprint density at radius 1 is 1.39 bits per heavy atom. The van der Waals surface area contributed by atoms with Gasteiger partial charge in [0.05, 0.1) is 6.42 Å². The molecule has 18 heavy (non-hydrogen) atoms. The van der Waals surface area contributed by atoms with E-state index < -0.39 is 11.9 Å². The van der Waals surface area contributed by atoms with Crippen LogP contribution in [0.5, 0.6) is 5.75 Å². The highest BCUT2D eigenvalue weighted by Gasteiger charge is 2.03. The highest BCUT2D eigenvalue weighted by atomic mass is 16.5. The van der Waals surface area contributed by atoms with Crippen molar-refractivity contribution in [2.45, 2.75) is 6.42 Å². The highest BCUT2D eigenvalue weighted by Crippen LogP contribution is 2.19. The summed E-state index contributed by atoms with van der Waals surface area (Å²) < 4.78 is 5.26. The highest BCUT2D eigenvalue weighted by molar-refractivity contribution is 5.77. The van der Waals surface area contributed by atoms with E-state index in [-0.39, 0.29) is 13.0 Å². The second-order valence-corrected chi connectivity index (χ2v) is 3.39. The number of benzene rings is 1. The smallest absolute Gasteiger partial charge is 0.307 e. The maximum Gasteiger partial charge on any atom is 0.307 e. The molecule has 0 saturated heterocycles. The number of carbonyl (C=O) groups excluding carboxylic acids is 1. The van der Waals surface area contributed by atoms with Gasteiger partial charge in [-0.25, -0.2) is 5.84 Å². The number of hydrazine groups is 1. The van der Waals surface area contributed by atoms with Crippen LogP contribution in [0.15, 0.2) is 30.3 Å². The molecule has 1 rings (SSSR count). The molecule has 0 atom stereocenters. The van der Waals surface area contributed by atoms with Gasteiger partial charge < -0.3 is 9.84 Å². The minimum absolute atomic E-state index is 0.0718. The summed E-state index contributed by atoms with van der Waals surface area (Å²) >= 11 is 0. The molecule has 1 aromatic rings. The number of carbonyl (C=O) groups is 2. The lowest BCUT2D eigenvalue weighted by molar-refractivity contribution is -0.136. The minimum atomic E-state index is -0.910. The molecular formula is C12H14N2O4. The van der Waals surface area contributed by atoms with E-state index >= 15 is 0 Å². The van der Waals surface area contributed by atoms with Crippen LogP contribution in [-0.2, 0) is 9.59 Å². The van der Waals surface area contributed by atoms with Crippen molar-refractivity contribution in [3.8, 4) is 5.75 Å². The molecule has 0 fully saturated rings. The maximum atomic E-state index is 10.9. The predicted octanol–water partition coefficient (Wildman–Crippen LogP) is 0.543. The van der Waals surface area contributed by atoms with E-state index in [0.29, 0.717) is 11.3 Å². The van der Waals surface area contributed by atoms with Crippen LogP contribution in [0.4, 0.5) is 0 Å². The van der Waals surface area contributed by atoms with E-state index in [0.717, 1.165) is 0 Å². The Bertz CT molecular complexity index is 457. The van der Waals surface area contributed by atoms with Gasteiger partial charge in [-0.1, -0.05) is 30.4 Å². The monoisotopic (exact) mass is 250 g/mol. The van der Waals surface area contributed by atoms with Crippen molar-refractivity contribution in [2.24, 2.45) is 5.84 Å². The lowest BCUT2D eigenvalue weighted by Crippen LogP contribution is -2.34. The van der Waals surface area contributed by atoms with Crippen molar-refractivity contribution in [1.29, 1.82) is 0 Å². The lowest BCUT2D eigenvalue weighted by Gasteiger charge is -2.07. The fourth-order valence-electron chi connectivity index (χ4n) is 1.22. The number of amides is 1. The summed E-state index contributed by atoms with van der Waals surface area (Å²) in [5, 5.41) is 8.52. The van der Waals surface area contributed by atoms with Gasteiger partial charge in [0, 0.05) is 5.56 Å². The molecule has 1 aromatic carbocycles. The third kappa shape index (κ3) is 4.67. The second kappa shape index (κ2) is 7.08. The zero-order chi connectivity index (χ0) is 13.4. The Hall–Kier alpha value is -2.34. The first-order valence-corrected chi connectivity index (χ1v) is 5.23. The van der Waals surface area contributed by atoms with Crippen LogP contribution in [0.25, 0.3) is 6.08 Å². The summed E-state index contributed by atoms with van der Waals surface area (Å²) in [6.07, 6.45) is 3.06. The van der Waals surface area contributed by atoms with Crippen LogP contribution in [-0.4, -0.2) is 23.6 Å². The number of para-hydroxylation sites is 1. The molecule has 0 aliphatic rings. The van der Waals surface area contributed by atoms with E-state index in [9.17, 15) is 9.59 Å². The van der Waals surface area contributed by atoms with Gasteiger partial charge in [-0.2, -0.15) is 0 Å². The first kappa shape index (κ1) is 13.7.